The van der Waals surface area contributed by atoms with Gasteiger partial charge in [-0.15, -0.1) is 0 Å². The first-order valence-electron chi connectivity index (χ1n) is 3.99. The van der Waals surface area contributed by atoms with Gasteiger partial charge in [0.15, 0.2) is 16.5 Å². The SMILES string of the molecule is COc1cc(C=O)ccc1OC(C)=S. The van der Waals surface area contributed by atoms with Gasteiger partial charge in [-0.25, -0.2) is 0 Å². The molecule has 0 N–H and O–H groups in total. The molecule has 0 saturated carbocycles. The van der Waals surface area contributed by atoms with Crippen LogP contribution in [0.25, 0.3) is 0 Å². The lowest BCUT2D eigenvalue weighted by molar-refractivity contribution is 0.112. The van der Waals surface area contributed by atoms with E-state index in [-0.39, 0.29) is 0 Å². The lowest BCUT2D eigenvalue weighted by Crippen LogP contribution is -2.01. The molecule has 1 aromatic carbocycles. The standard InChI is InChI=1S/C10H10O3S/c1-7(14)13-9-4-3-8(6-11)5-10(9)12-2/h3-6H,1-2H3. The van der Waals surface area contributed by atoms with Gasteiger partial charge in [-0.1, -0.05) is 0 Å². The van der Waals surface area contributed by atoms with E-state index in [1.165, 1.54) is 7.11 Å². The Morgan fingerprint density at radius 1 is 1.43 bits per heavy atom. The fraction of sp³-hybridized carbons (Fsp3) is 0.200. The van der Waals surface area contributed by atoms with Crippen LogP contribution in [0, 0.1) is 0 Å². The third kappa shape index (κ3) is 2.53. The highest BCUT2D eigenvalue weighted by Crippen LogP contribution is 2.27. The molecule has 0 aliphatic carbocycles. The largest absolute Gasteiger partial charge is 0.493 e. The van der Waals surface area contributed by atoms with Crippen LogP contribution >= 0.6 is 12.2 Å². The predicted molar refractivity (Wildman–Crippen MR) is 57.3 cm³/mol. The minimum absolute atomic E-state index is 0.405. The maximum atomic E-state index is 10.5. The van der Waals surface area contributed by atoms with Crippen LogP contribution < -0.4 is 9.47 Å². The number of aldehydes is 1. The first-order valence-corrected chi connectivity index (χ1v) is 4.40. The molecule has 0 heterocycles. The quantitative estimate of drug-likeness (QED) is 0.566. The Kier molecular flexibility index (Phi) is 3.59. The van der Waals surface area contributed by atoms with Gasteiger partial charge in [0.05, 0.1) is 7.11 Å². The molecular weight excluding hydrogens is 200 g/mol. The smallest absolute Gasteiger partial charge is 0.170 e. The minimum atomic E-state index is 0.405. The summed E-state index contributed by atoms with van der Waals surface area (Å²) in [6, 6.07) is 4.89. The van der Waals surface area contributed by atoms with Crippen LogP contribution in [0.3, 0.4) is 0 Å². The summed E-state index contributed by atoms with van der Waals surface area (Å²) in [7, 11) is 1.51. The predicted octanol–water partition coefficient (Wildman–Crippen LogP) is 2.23. The molecule has 0 unspecified atom stereocenters. The van der Waals surface area contributed by atoms with Crippen molar-refractivity contribution in [2.75, 3.05) is 7.11 Å². The summed E-state index contributed by atoms with van der Waals surface area (Å²) >= 11 is 4.80. The fourth-order valence-corrected chi connectivity index (χ4v) is 1.09. The van der Waals surface area contributed by atoms with Gasteiger partial charge in [0, 0.05) is 12.5 Å². The minimum Gasteiger partial charge on any atom is -0.493 e. The van der Waals surface area contributed by atoms with Gasteiger partial charge < -0.3 is 9.47 Å². The number of benzene rings is 1. The third-order valence-corrected chi connectivity index (χ3v) is 1.66. The first-order chi connectivity index (χ1) is 6.67. The first kappa shape index (κ1) is 10.7. The zero-order chi connectivity index (χ0) is 10.6. The Balaban J connectivity index is 3.04. The lowest BCUT2D eigenvalue weighted by Gasteiger charge is -2.08. The van der Waals surface area contributed by atoms with Crippen molar-refractivity contribution in [2.24, 2.45) is 0 Å². The Morgan fingerprint density at radius 3 is 2.64 bits per heavy atom. The van der Waals surface area contributed by atoms with Crippen molar-refractivity contribution in [1.82, 2.24) is 0 Å². The normalized spacial score (nSPS) is 9.29. The Labute approximate surface area is 87.6 Å². The van der Waals surface area contributed by atoms with Gasteiger partial charge in [0.2, 0.25) is 0 Å². The van der Waals surface area contributed by atoms with E-state index in [1.807, 2.05) is 0 Å². The zero-order valence-electron chi connectivity index (χ0n) is 7.94. The summed E-state index contributed by atoms with van der Waals surface area (Å²) in [5, 5.41) is 0.405. The van der Waals surface area contributed by atoms with Crippen molar-refractivity contribution in [3.05, 3.63) is 23.8 Å². The third-order valence-electron chi connectivity index (χ3n) is 1.58. The molecule has 0 amide bonds. The highest BCUT2D eigenvalue weighted by molar-refractivity contribution is 7.80. The maximum Gasteiger partial charge on any atom is 0.170 e. The molecule has 0 spiro atoms. The molecule has 1 rings (SSSR count). The van der Waals surface area contributed by atoms with E-state index in [2.05, 4.69) is 0 Å². The number of carbonyl (C=O) groups is 1. The van der Waals surface area contributed by atoms with E-state index in [0.29, 0.717) is 22.1 Å². The van der Waals surface area contributed by atoms with Crippen LogP contribution in [0.2, 0.25) is 0 Å². The van der Waals surface area contributed by atoms with E-state index in [0.717, 1.165) is 6.29 Å². The molecule has 0 radical (unpaired) electrons. The molecule has 1 aromatic rings. The van der Waals surface area contributed by atoms with E-state index in [9.17, 15) is 4.79 Å². The molecular formula is C10H10O3S. The van der Waals surface area contributed by atoms with E-state index < -0.39 is 0 Å². The van der Waals surface area contributed by atoms with Gasteiger partial charge in [-0.3, -0.25) is 4.79 Å². The molecule has 0 aromatic heterocycles. The Hall–Kier alpha value is -1.42. The second-order valence-corrected chi connectivity index (χ2v) is 3.20. The average molecular weight is 210 g/mol. The van der Waals surface area contributed by atoms with Crippen LogP contribution in [0.4, 0.5) is 0 Å². The fourth-order valence-electron chi connectivity index (χ4n) is 0.997. The maximum absolute atomic E-state index is 10.5. The van der Waals surface area contributed by atoms with E-state index in [1.54, 1.807) is 25.1 Å². The monoisotopic (exact) mass is 210 g/mol. The van der Waals surface area contributed by atoms with E-state index in [4.69, 9.17) is 21.7 Å². The van der Waals surface area contributed by atoms with E-state index >= 15 is 0 Å². The number of methoxy groups -OCH3 is 1. The van der Waals surface area contributed by atoms with Gasteiger partial charge in [0.25, 0.3) is 0 Å². The molecule has 0 aliphatic rings. The van der Waals surface area contributed by atoms with Crippen LogP contribution in [0.5, 0.6) is 11.5 Å². The molecule has 0 aliphatic heterocycles. The molecule has 0 bridgehead atoms. The van der Waals surface area contributed by atoms with Gasteiger partial charge in [-0.05, 0) is 30.4 Å². The Bertz CT molecular complexity index is 360. The number of ether oxygens (including phenoxy) is 2. The summed E-state index contributed by atoms with van der Waals surface area (Å²) in [5.74, 6) is 1.02. The van der Waals surface area contributed by atoms with Crippen molar-refractivity contribution in [2.45, 2.75) is 6.92 Å². The van der Waals surface area contributed by atoms with Crippen molar-refractivity contribution in [3.63, 3.8) is 0 Å². The van der Waals surface area contributed by atoms with Crippen molar-refractivity contribution in [1.29, 1.82) is 0 Å². The van der Waals surface area contributed by atoms with Gasteiger partial charge in [-0.2, -0.15) is 0 Å². The highest BCUT2D eigenvalue weighted by Gasteiger charge is 2.05. The molecule has 0 atom stereocenters. The van der Waals surface area contributed by atoms with Crippen LogP contribution in [-0.4, -0.2) is 18.4 Å². The molecule has 0 saturated heterocycles. The van der Waals surface area contributed by atoms with Crippen molar-refractivity contribution < 1.29 is 14.3 Å². The number of rotatable bonds is 3. The van der Waals surface area contributed by atoms with Gasteiger partial charge in [0.1, 0.15) is 6.29 Å². The zero-order valence-corrected chi connectivity index (χ0v) is 8.76. The molecule has 4 heteroatoms. The summed E-state index contributed by atoms with van der Waals surface area (Å²) in [5.41, 5.74) is 0.538. The van der Waals surface area contributed by atoms with Crippen LogP contribution in [0.1, 0.15) is 17.3 Å². The average Bonchev–Trinajstić information content (AvgIpc) is 2.17. The van der Waals surface area contributed by atoms with Gasteiger partial charge >= 0.3 is 0 Å². The highest BCUT2D eigenvalue weighted by atomic mass is 32.1. The van der Waals surface area contributed by atoms with Crippen LogP contribution in [0.15, 0.2) is 18.2 Å². The molecule has 14 heavy (non-hydrogen) atoms. The topological polar surface area (TPSA) is 35.5 Å². The van der Waals surface area contributed by atoms with Crippen molar-refractivity contribution in [3.8, 4) is 11.5 Å². The number of thiocarbonyl (C=S) groups is 1. The summed E-state index contributed by atoms with van der Waals surface area (Å²) in [6.45, 7) is 1.67. The molecule has 74 valence electrons. The van der Waals surface area contributed by atoms with Crippen LogP contribution in [-0.2, 0) is 0 Å². The number of hydrogen-bond acceptors (Lipinski definition) is 4. The number of carbonyl (C=O) groups excluding carboxylic acids is 1. The summed E-state index contributed by atoms with van der Waals surface area (Å²) in [6.07, 6.45) is 0.747. The van der Waals surface area contributed by atoms with Crippen molar-refractivity contribution >= 4 is 23.6 Å². The second-order valence-electron chi connectivity index (χ2n) is 2.62. The summed E-state index contributed by atoms with van der Waals surface area (Å²) < 4.78 is 10.3. The molecule has 3 nitrogen and oxygen atoms in total. The Morgan fingerprint density at radius 2 is 2.14 bits per heavy atom. The lowest BCUT2D eigenvalue weighted by atomic mass is 10.2. The summed E-state index contributed by atoms with van der Waals surface area (Å²) in [4.78, 5) is 10.5. The number of hydrogen-bond donors (Lipinski definition) is 0. The second kappa shape index (κ2) is 4.72. The molecule has 0 fully saturated rings.